The van der Waals surface area contributed by atoms with Crippen LogP contribution in [0.3, 0.4) is 0 Å². The van der Waals surface area contributed by atoms with Crippen molar-refractivity contribution < 1.29 is 4.79 Å². The van der Waals surface area contributed by atoms with Gasteiger partial charge < -0.3 is 4.90 Å². The molecule has 3 heteroatoms. The van der Waals surface area contributed by atoms with Crippen molar-refractivity contribution in [2.45, 2.75) is 39.2 Å². The Kier molecular flexibility index (Phi) is 5.26. The van der Waals surface area contributed by atoms with Gasteiger partial charge in [-0.05, 0) is 33.4 Å². The summed E-state index contributed by atoms with van der Waals surface area (Å²) < 4.78 is 0. The van der Waals surface area contributed by atoms with Gasteiger partial charge in [-0.15, -0.1) is 0 Å². The average Bonchev–Trinajstić information content (AvgIpc) is 2.29. The molecular weight excluding hydrogens is 188 g/mol. The summed E-state index contributed by atoms with van der Waals surface area (Å²) >= 11 is 0. The van der Waals surface area contributed by atoms with E-state index in [-0.39, 0.29) is 0 Å². The molecular formula is C12H24N2O. The highest BCUT2D eigenvalue weighted by atomic mass is 16.1. The Labute approximate surface area is 93.4 Å². The zero-order chi connectivity index (χ0) is 11.3. The van der Waals surface area contributed by atoms with Crippen LogP contribution in [0.4, 0.5) is 0 Å². The van der Waals surface area contributed by atoms with Crippen molar-refractivity contribution in [2.75, 3.05) is 33.2 Å². The van der Waals surface area contributed by atoms with E-state index >= 15 is 0 Å². The van der Waals surface area contributed by atoms with Crippen LogP contribution in [0.1, 0.15) is 33.1 Å². The van der Waals surface area contributed by atoms with Crippen molar-refractivity contribution in [3.63, 3.8) is 0 Å². The Hall–Kier alpha value is -0.410. The fourth-order valence-electron chi connectivity index (χ4n) is 2.24. The van der Waals surface area contributed by atoms with Crippen molar-refractivity contribution in [2.24, 2.45) is 0 Å². The molecule has 0 amide bonds. The Morgan fingerprint density at radius 2 is 2.13 bits per heavy atom. The maximum absolute atomic E-state index is 11.6. The van der Waals surface area contributed by atoms with Crippen molar-refractivity contribution >= 4 is 5.78 Å². The molecule has 0 aromatic rings. The minimum atomic E-state index is 0.397. The number of carbonyl (C=O) groups excluding carboxylic acids is 1. The maximum Gasteiger partial charge on any atom is 0.146 e. The number of nitrogens with zero attached hydrogens (tertiary/aromatic N) is 2. The second kappa shape index (κ2) is 6.23. The first-order valence-electron chi connectivity index (χ1n) is 6.07. The average molecular weight is 212 g/mol. The first-order valence-corrected chi connectivity index (χ1v) is 6.07. The highest BCUT2D eigenvalue weighted by molar-refractivity contribution is 5.80. The SMILES string of the molecule is CCCC(=O)CN1CCCN(C)CC1C. The lowest BCUT2D eigenvalue weighted by Crippen LogP contribution is -2.40. The molecule has 1 rings (SSSR count). The van der Waals surface area contributed by atoms with Crippen molar-refractivity contribution in [1.82, 2.24) is 9.80 Å². The molecule has 3 nitrogen and oxygen atoms in total. The van der Waals surface area contributed by atoms with Crippen molar-refractivity contribution in [1.29, 1.82) is 0 Å². The van der Waals surface area contributed by atoms with Crippen LogP contribution in [-0.4, -0.2) is 54.9 Å². The molecule has 0 bridgehead atoms. The monoisotopic (exact) mass is 212 g/mol. The molecule has 1 aliphatic heterocycles. The van der Waals surface area contributed by atoms with E-state index in [1.54, 1.807) is 0 Å². The molecule has 0 N–H and O–H groups in total. The van der Waals surface area contributed by atoms with Crippen LogP contribution in [0.2, 0.25) is 0 Å². The number of hydrogen-bond acceptors (Lipinski definition) is 3. The van der Waals surface area contributed by atoms with Gasteiger partial charge in [-0.1, -0.05) is 6.92 Å². The van der Waals surface area contributed by atoms with Gasteiger partial charge in [-0.3, -0.25) is 9.69 Å². The molecule has 1 fully saturated rings. The van der Waals surface area contributed by atoms with Gasteiger partial charge in [0, 0.05) is 25.6 Å². The van der Waals surface area contributed by atoms with Crippen LogP contribution >= 0.6 is 0 Å². The largest absolute Gasteiger partial charge is 0.305 e. The predicted molar refractivity (Wildman–Crippen MR) is 63.1 cm³/mol. The molecule has 0 radical (unpaired) electrons. The third-order valence-electron chi connectivity index (χ3n) is 3.09. The Bertz CT molecular complexity index is 206. The van der Waals surface area contributed by atoms with Gasteiger partial charge >= 0.3 is 0 Å². The standard InChI is InChI=1S/C12H24N2O/c1-4-6-12(15)10-14-8-5-7-13(3)9-11(14)2/h11H,4-10H2,1-3H3. The van der Waals surface area contributed by atoms with Crippen molar-refractivity contribution in [3.05, 3.63) is 0 Å². The van der Waals surface area contributed by atoms with Crippen LogP contribution in [0, 0.1) is 0 Å². The topological polar surface area (TPSA) is 23.6 Å². The van der Waals surface area contributed by atoms with Crippen LogP contribution < -0.4 is 0 Å². The Balaban J connectivity index is 2.42. The Morgan fingerprint density at radius 3 is 2.80 bits per heavy atom. The van der Waals surface area contributed by atoms with E-state index in [0.717, 1.165) is 32.5 Å². The fourth-order valence-corrected chi connectivity index (χ4v) is 2.24. The highest BCUT2D eigenvalue weighted by Gasteiger charge is 2.20. The van der Waals surface area contributed by atoms with E-state index in [2.05, 4.69) is 30.7 Å². The third-order valence-corrected chi connectivity index (χ3v) is 3.09. The van der Waals surface area contributed by atoms with Crippen LogP contribution in [0.25, 0.3) is 0 Å². The molecule has 0 saturated carbocycles. The molecule has 88 valence electrons. The summed E-state index contributed by atoms with van der Waals surface area (Å²) in [5, 5.41) is 0. The number of rotatable bonds is 4. The summed E-state index contributed by atoms with van der Waals surface area (Å²) in [5.41, 5.74) is 0. The quantitative estimate of drug-likeness (QED) is 0.703. The van der Waals surface area contributed by atoms with Crippen molar-refractivity contribution in [3.8, 4) is 0 Å². The molecule has 1 unspecified atom stereocenters. The highest BCUT2D eigenvalue weighted by Crippen LogP contribution is 2.08. The second-order valence-corrected chi connectivity index (χ2v) is 4.72. The minimum absolute atomic E-state index is 0.397. The van der Waals surface area contributed by atoms with Crippen LogP contribution in [0.5, 0.6) is 0 Å². The lowest BCUT2D eigenvalue weighted by molar-refractivity contribution is -0.120. The van der Waals surface area contributed by atoms with E-state index in [1.165, 1.54) is 6.42 Å². The normalized spacial score (nSPS) is 25.1. The van der Waals surface area contributed by atoms with Gasteiger partial charge in [0.25, 0.3) is 0 Å². The molecule has 0 aromatic heterocycles. The van der Waals surface area contributed by atoms with Crippen LogP contribution in [0.15, 0.2) is 0 Å². The van der Waals surface area contributed by atoms with E-state index in [0.29, 0.717) is 18.4 Å². The van der Waals surface area contributed by atoms with E-state index in [1.807, 2.05) is 0 Å². The van der Waals surface area contributed by atoms with Gasteiger partial charge in [0.1, 0.15) is 5.78 Å². The lowest BCUT2D eigenvalue weighted by atomic mass is 10.2. The summed E-state index contributed by atoms with van der Waals surface area (Å²) in [7, 11) is 2.16. The molecule has 0 spiro atoms. The number of likely N-dealkylation sites (N-methyl/N-ethyl adjacent to an activating group) is 1. The van der Waals surface area contributed by atoms with Gasteiger partial charge in [0.15, 0.2) is 0 Å². The predicted octanol–water partition coefficient (Wildman–Crippen LogP) is 1.38. The Morgan fingerprint density at radius 1 is 1.40 bits per heavy atom. The molecule has 0 aliphatic carbocycles. The maximum atomic E-state index is 11.6. The summed E-state index contributed by atoms with van der Waals surface area (Å²) in [4.78, 5) is 16.3. The third kappa shape index (κ3) is 4.31. The van der Waals surface area contributed by atoms with E-state index in [9.17, 15) is 4.79 Å². The molecule has 1 saturated heterocycles. The van der Waals surface area contributed by atoms with Gasteiger partial charge in [-0.25, -0.2) is 0 Å². The van der Waals surface area contributed by atoms with Crippen LogP contribution in [-0.2, 0) is 4.79 Å². The first-order chi connectivity index (χ1) is 7.13. The van der Waals surface area contributed by atoms with Gasteiger partial charge in [0.05, 0.1) is 6.54 Å². The molecule has 0 aromatic carbocycles. The molecule has 15 heavy (non-hydrogen) atoms. The number of Topliss-reactive ketones (excluding diaryl/α,β-unsaturated/α-hetero) is 1. The fraction of sp³-hybridized carbons (Fsp3) is 0.917. The zero-order valence-electron chi connectivity index (χ0n) is 10.3. The minimum Gasteiger partial charge on any atom is -0.305 e. The summed E-state index contributed by atoms with van der Waals surface area (Å²) in [6.07, 6.45) is 2.89. The van der Waals surface area contributed by atoms with Gasteiger partial charge in [0.2, 0.25) is 0 Å². The zero-order valence-corrected chi connectivity index (χ0v) is 10.3. The number of carbonyl (C=O) groups is 1. The summed E-state index contributed by atoms with van der Waals surface area (Å²) in [6.45, 7) is 8.25. The number of hydrogen-bond donors (Lipinski definition) is 0. The first kappa shape index (κ1) is 12.7. The van der Waals surface area contributed by atoms with Gasteiger partial charge in [-0.2, -0.15) is 0 Å². The van der Waals surface area contributed by atoms with E-state index < -0.39 is 0 Å². The molecule has 1 atom stereocenters. The number of ketones is 1. The summed E-state index contributed by atoms with van der Waals surface area (Å²) in [6, 6.07) is 0.512. The second-order valence-electron chi connectivity index (χ2n) is 4.72. The summed E-state index contributed by atoms with van der Waals surface area (Å²) in [5.74, 6) is 0.397. The smallest absolute Gasteiger partial charge is 0.146 e. The molecule has 1 aliphatic rings. The lowest BCUT2D eigenvalue weighted by Gasteiger charge is -2.27. The van der Waals surface area contributed by atoms with E-state index in [4.69, 9.17) is 0 Å². The molecule has 1 heterocycles.